The zero-order chi connectivity index (χ0) is 11.8. The van der Waals surface area contributed by atoms with E-state index in [0.29, 0.717) is 16.1 Å². The topological polar surface area (TPSA) is 42.2 Å². The van der Waals surface area contributed by atoms with Crippen molar-refractivity contribution in [3.8, 4) is 0 Å². The average molecular weight is 235 g/mol. The summed E-state index contributed by atoms with van der Waals surface area (Å²) >= 11 is 4.94. The SMILES string of the molecule is CC1(C)CCN(c2ccnc(C(N)=S)c2)C1. The summed E-state index contributed by atoms with van der Waals surface area (Å²) < 4.78 is 0. The molecule has 0 atom stereocenters. The van der Waals surface area contributed by atoms with E-state index in [0.717, 1.165) is 13.1 Å². The smallest absolute Gasteiger partial charge is 0.122 e. The fourth-order valence-electron chi connectivity index (χ4n) is 2.08. The minimum absolute atomic E-state index is 0.361. The molecule has 0 saturated carbocycles. The highest BCUT2D eigenvalue weighted by Crippen LogP contribution is 2.32. The first-order valence-electron chi connectivity index (χ1n) is 5.49. The summed E-state index contributed by atoms with van der Waals surface area (Å²) in [7, 11) is 0. The van der Waals surface area contributed by atoms with Crippen molar-refractivity contribution in [1.82, 2.24) is 4.98 Å². The van der Waals surface area contributed by atoms with Crippen LogP contribution in [0.1, 0.15) is 26.0 Å². The molecule has 1 aliphatic heterocycles. The molecule has 86 valence electrons. The number of hydrogen-bond donors (Lipinski definition) is 1. The molecule has 1 aliphatic rings. The van der Waals surface area contributed by atoms with Gasteiger partial charge in [-0.1, -0.05) is 26.1 Å². The first-order chi connectivity index (χ1) is 7.48. The van der Waals surface area contributed by atoms with Crippen LogP contribution < -0.4 is 10.6 Å². The fraction of sp³-hybridized carbons (Fsp3) is 0.500. The molecule has 3 nitrogen and oxygen atoms in total. The van der Waals surface area contributed by atoms with E-state index in [1.807, 2.05) is 12.1 Å². The fourth-order valence-corrected chi connectivity index (χ4v) is 2.20. The van der Waals surface area contributed by atoms with Gasteiger partial charge in [0, 0.05) is 25.0 Å². The quantitative estimate of drug-likeness (QED) is 0.796. The summed E-state index contributed by atoms with van der Waals surface area (Å²) in [6.45, 7) is 6.76. The summed E-state index contributed by atoms with van der Waals surface area (Å²) in [6, 6.07) is 3.99. The second-order valence-corrected chi connectivity index (χ2v) is 5.54. The van der Waals surface area contributed by atoms with E-state index in [9.17, 15) is 0 Å². The number of nitrogens with two attached hydrogens (primary N) is 1. The van der Waals surface area contributed by atoms with Crippen molar-refractivity contribution in [3.63, 3.8) is 0 Å². The van der Waals surface area contributed by atoms with Crippen LogP contribution in [-0.4, -0.2) is 23.1 Å². The van der Waals surface area contributed by atoms with Gasteiger partial charge in [-0.3, -0.25) is 4.98 Å². The molecular weight excluding hydrogens is 218 g/mol. The van der Waals surface area contributed by atoms with Crippen LogP contribution in [-0.2, 0) is 0 Å². The summed E-state index contributed by atoms with van der Waals surface area (Å²) in [4.78, 5) is 6.88. The second kappa shape index (κ2) is 4.01. The molecule has 1 aromatic rings. The molecule has 0 aromatic carbocycles. The predicted molar refractivity (Wildman–Crippen MR) is 70.7 cm³/mol. The Bertz CT molecular complexity index is 414. The molecular formula is C12H17N3S. The number of nitrogens with zero attached hydrogens (tertiary/aromatic N) is 2. The number of rotatable bonds is 2. The van der Waals surface area contributed by atoms with Gasteiger partial charge in [-0.25, -0.2) is 0 Å². The summed E-state index contributed by atoms with van der Waals surface area (Å²) in [5.41, 5.74) is 7.86. The van der Waals surface area contributed by atoms with Gasteiger partial charge in [-0.2, -0.15) is 0 Å². The Morgan fingerprint density at radius 3 is 2.88 bits per heavy atom. The Kier molecular flexibility index (Phi) is 2.84. The Hall–Kier alpha value is -1.16. The minimum atomic E-state index is 0.361. The van der Waals surface area contributed by atoms with Crippen LogP contribution in [0, 0.1) is 5.41 Å². The van der Waals surface area contributed by atoms with E-state index in [4.69, 9.17) is 18.0 Å². The Balaban J connectivity index is 2.22. The number of pyridine rings is 1. The van der Waals surface area contributed by atoms with Crippen molar-refractivity contribution in [2.45, 2.75) is 20.3 Å². The zero-order valence-corrected chi connectivity index (χ0v) is 10.5. The number of anilines is 1. The molecule has 2 N–H and O–H groups in total. The third-order valence-electron chi connectivity index (χ3n) is 3.04. The maximum Gasteiger partial charge on any atom is 0.122 e. The highest BCUT2D eigenvalue weighted by atomic mass is 32.1. The molecule has 0 radical (unpaired) electrons. The van der Waals surface area contributed by atoms with Crippen molar-refractivity contribution >= 4 is 22.9 Å². The molecule has 0 aliphatic carbocycles. The van der Waals surface area contributed by atoms with Gasteiger partial charge in [0.1, 0.15) is 4.99 Å². The Morgan fingerprint density at radius 2 is 2.31 bits per heavy atom. The maximum atomic E-state index is 5.59. The third-order valence-corrected chi connectivity index (χ3v) is 3.25. The van der Waals surface area contributed by atoms with E-state index in [1.54, 1.807) is 6.20 Å². The summed E-state index contributed by atoms with van der Waals surface area (Å²) in [5.74, 6) is 0. The number of aromatic nitrogens is 1. The maximum absolute atomic E-state index is 5.59. The van der Waals surface area contributed by atoms with Crippen LogP contribution in [0.4, 0.5) is 5.69 Å². The van der Waals surface area contributed by atoms with E-state index in [-0.39, 0.29) is 0 Å². The van der Waals surface area contributed by atoms with Crippen molar-refractivity contribution < 1.29 is 0 Å². The van der Waals surface area contributed by atoms with Gasteiger partial charge >= 0.3 is 0 Å². The van der Waals surface area contributed by atoms with Gasteiger partial charge in [-0.15, -0.1) is 0 Å². The Morgan fingerprint density at radius 1 is 1.56 bits per heavy atom. The predicted octanol–water partition coefficient (Wildman–Crippen LogP) is 1.95. The first-order valence-corrected chi connectivity index (χ1v) is 5.90. The van der Waals surface area contributed by atoms with Crippen molar-refractivity contribution in [2.24, 2.45) is 11.1 Å². The lowest BCUT2D eigenvalue weighted by Gasteiger charge is -2.21. The van der Waals surface area contributed by atoms with Crippen LogP contribution in [0.15, 0.2) is 18.3 Å². The van der Waals surface area contributed by atoms with Crippen LogP contribution in [0.5, 0.6) is 0 Å². The van der Waals surface area contributed by atoms with Gasteiger partial charge in [0.25, 0.3) is 0 Å². The van der Waals surface area contributed by atoms with E-state index in [2.05, 4.69) is 23.7 Å². The number of hydrogen-bond acceptors (Lipinski definition) is 3. The van der Waals surface area contributed by atoms with E-state index < -0.39 is 0 Å². The molecule has 1 aromatic heterocycles. The lowest BCUT2D eigenvalue weighted by atomic mass is 9.93. The van der Waals surface area contributed by atoms with Crippen LogP contribution in [0.25, 0.3) is 0 Å². The van der Waals surface area contributed by atoms with Crippen LogP contribution in [0.3, 0.4) is 0 Å². The Labute approximate surface area is 102 Å². The number of thiocarbonyl (C=S) groups is 1. The molecule has 0 unspecified atom stereocenters. The average Bonchev–Trinajstić information content (AvgIpc) is 2.59. The molecule has 4 heteroatoms. The van der Waals surface area contributed by atoms with Crippen molar-refractivity contribution in [3.05, 3.63) is 24.0 Å². The molecule has 1 fully saturated rings. The van der Waals surface area contributed by atoms with Crippen molar-refractivity contribution in [1.29, 1.82) is 0 Å². The van der Waals surface area contributed by atoms with Gasteiger partial charge in [-0.05, 0) is 24.0 Å². The molecule has 0 spiro atoms. The lowest BCUT2D eigenvalue weighted by Crippen LogP contribution is -2.23. The lowest BCUT2D eigenvalue weighted by molar-refractivity contribution is 0.418. The highest BCUT2D eigenvalue weighted by Gasteiger charge is 2.29. The van der Waals surface area contributed by atoms with Crippen LogP contribution >= 0.6 is 12.2 Å². The second-order valence-electron chi connectivity index (χ2n) is 5.10. The highest BCUT2D eigenvalue weighted by molar-refractivity contribution is 7.80. The standard InChI is InChI=1S/C12H17N3S/c1-12(2)4-6-15(8-12)9-3-5-14-10(7-9)11(13)16/h3,5,7H,4,6,8H2,1-2H3,(H2,13,16). The van der Waals surface area contributed by atoms with E-state index >= 15 is 0 Å². The normalized spacial score (nSPS) is 18.8. The van der Waals surface area contributed by atoms with Gasteiger partial charge in [0.05, 0.1) is 5.69 Å². The van der Waals surface area contributed by atoms with Crippen molar-refractivity contribution in [2.75, 3.05) is 18.0 Å². The molecule has 16 heavy (non-hydrogen) atoms. The van der Waals surface area contributed by atoms with E-state index in [1.165, 1.54) is 12.1 Å². The largest absolute Gasteiger partial charge is 0.388 e. The third kappa shape index (κ3) is 2.32. The zero-order valence-electron chi connectivity index (χ0n) is 9.73. The molecule has 0 bridgehead atoms. The monoisotopic (exact) mass is 235 g/mol. The van der Waals surface area contributed by atoms with Crippen LogP contribution in [0.2, 0.25) is 0 Å². The molecule has 2 rings (SSSR count). The van der Waals surface area contributed by atoms with Gasteiger partial charge < -0.3 is 10.6 Å². The molecule has 0 amide bonds. The van der Waals surface area contributed by atoms with Gasteiger partial charge in [0.15, 0.2) is 0 Å². The minimum Gasteiger partial charge on any atom is -0.388 e. The van der Waals surface area contributed by atoms with Gasteiger partial charge in [0.2, 0.25) is 0 Å². The first kappa shape index (κ1) is 11.3. The molecule has 1 saturated heterocycles. The molecule has 2 heterocycles. The summed E-state index contributed by atoms with van der Waals surface area (Å²) in [6.07, 6.45) is 2.99. The summed E-state index contributed by atoms with van der Waals surface area (Å²) in [5, 5.41) is 0.